The third-order valence-electron chi connectivity index (χ3n) is 13.0. The number of nitrogens with two attached hydrogens (primary N) is 1. The number of hydrogen-bond acceptors (Lipinski definition) is 8. The molecule has 0 aliphatic rings. The van der Waals surface area contributed by atoms with Gasteiger partial charge in [0.2, 0.25) is 0 Å². The highest BCUT2D eigenvalue weighted by Gasteiger charge is 2.26. The molecule has 0 rings (SSSR count). The topological polar surface area (TPSA) is 134 Å². The highest BCUT2D eigenvalue weighted by Crippen LogP contribution is 2.43. The van der Waals surface area contributed by atoms with E-state index in [1.54, 1.807) is 0 Å². The van der Waals surface area contributed by atoms with Gasteiger partial charge in [-0.15, -0.1) is 0 Å². The second-order valence-electron chi connectivity index (χ2n) is 19.5. The van der Waals surface area contributed by atoms with Crippen LogP contribution in [-0.4, -0.2) is 49.3 Å². The van der Waals surface area contributed by atoms with Crippen LogP contribution in [0.5, 0.6) is 0 Å². The molecule has 0 aliphatic carbocycles. The van der Waals surface area contributed by atoms with Crippen molar-refractivity contribution in [1.82, 2.24) is 0 Å². The lowest BCUT2D eigenvalue weighted by Crippen LogP contribution is -2.29. The van der Waals surface area contributed by atoms with Crippen LogP contribution in [0, 0.1) is 0 Å². The summed E-state index contributed by atoms with van der Waals surface area (Å²) in [4.78, 5) is 35.1. The van der Waals surface area contributed by atoms with E-state index in [2.05, 4.69) is 13.8 Å². The summed E-state index contributed by atoms with van der Waals surface area (Å²) in [5, 5.41) is 0. The molecule has 0 radical (unpaired) electrons. The predicted octanol–water partition coefficient (Wildman–Crippen LogP) is 17.5. The smallest absolute Gasteiger partial charge is 0.462 e. The standard InChI is InChI=1S/C55H110NO8P/c1-3-5-7-9-11-13-15-17-19-21-23-25-27-29-31-33-35-37-39-41-43-45-47-54(57)61-51-53(52-63-65(59,60)62-50-49-56)64-55(58)48-46-44-42-40-38-36-34-32-30-28-26-24-22-20-18-16-14-12-10-8-6-4-2/h53H,3-52,56H2,1-2H3,(H,59,60)/t53-/m1/s1. The van der Waals surface area contributed by atoms with E-state index in [1.165, 1.54) is 244 Å². The van der Waals surface area contributed by atoms with Crippen molar-refractivity contribution in [2.45, 2.75) is 315 Å². The van der Waals surface area contributed by atoms with Crippen molar-refractivity contribution in [2.75, 3.05) is 26.4 Å². The molecule has 388 valence electrons. The van der Waals surface area contributed by atoms with Crippen LogP contribution in [0.4, 0.5) is 0 Å². The Morgan fingerprint density at radius 3 is 0.938 bits per heavy atom. The van der Waals surface area contributed by atoms with Crippen LogP contribution >= 0.6 is 7.82 Å². The molecular formula is C55H110NO8P. The van der Waals surface area contributed by atoms with E-state index >= 15 is 0 Å². The maximum Gasteiger partial charge on any atom is 0.472 e. The Morgan fingerprint density at radius 1 is 0.400 bits per heavy atom. The van der Waals surface area contributed by atoms with Crippen LogP contribution in [-0.2, 0) is 32.7 Å². The monoisotopic (exact) mass is 944 g/mol. The Morgan fingerprint density at radius 2 is 0.662 bits per heavy atom. The predicted molar refractivity (Wildman–Crippen MR) is 275 cm³/mol. The van der Waals surface area contributed by atoms with Crippen molar-refractivity contribution in [3.05, 3.63) is 0 Å². The summed E-state index contributed by atoms with van der Waals surface area (Å²) in [5.74, 6) is -0.802. The Balaban J connectivity index is 3.92. The molecule has 0 fully saturated rings. The second-order valence-corrected chi connectivity index (χ2v) is 21.0. The average molecular weight is 944 g/mol. The summed E-state index contributed by atoms with van der Waals surface area (Å²) in [6.45, 7) is 3.82. The molecule has 1 unspecified atom stereocenters. The van der Waals surface area contributed by atoms with Gasteiger partial charge in [0.05, 0.1) is 13.2 Å². The summed E-state index contributed by atoms with van der Waals surface area (Å²) >= 11 is 0. The lowest BCUT2D eigenvalue weighted by molar-refractivity contribution is -0.161. The van der Waals surface area contributed by atoms with Gasteiger partial charge in [-0.05, 0) is 12.8 Å². The minimum absolute atomic E-state index is 0.0586. The van der Waals surface area contributed by atoms with E-state index in [1.807, 2.05) is 0 Å². The highest BCUT2D eigenvalue weighted by molar-refractivity contribution is 7.47. The van der Waals surface area contributed by atoms with Crippen molar-refractivity contribution in [3.8, 4) is 0 Å². The number of unbranched alkanes of at least 4 members (excludes halogenated alkanes) is 42. The van der Waals surface area contributed by atoms with E-state index < -0.39 is 26.5 Å². The van der Waals surface area contributed by atoms with Crippen LogP contribution in [0.2, 0.25) is 0 Å². The number of hydrogen-bond donors (Lipinski definition) is 2. The molecule has 0 aromatic rings. The Bertz CT molecular complexity index is 1030. The first-order valence-electron chi connectivity index (χ1n) is 28.5. The molecule has 0 bridgehead atoms. The van der Waals surface area contributed by atoms with Crippen molar-refractivity contribution in [3.63, 3.8) is 0 Å². The second kappa shape index (κ2) is 52.4. The summed E-state index contributed by atoms with van der Waals surface area (Å²) in [7, 11) is -4.38. The quantitative estimate of drug-likeness (QED) is 0.0347. The summed E-state index contributed by atoms with van der Waals surface area (Å²) in [6, 6.07) is 0. The van der Waals surface area contributed by atoms with Gasteiger partial charge in [0.1, 0.15) is 6.61 Å². The third kappa shape index (κ3) is 52.2. The fourth-order valence-corrected chi connectivity index (χ4v) is 9.52. The third-order valence-corrected chi connectivity index (χ3v) is 14.0. The van der Waals surface area contributed by atoms with Gasteiger partial charge in [-0.25, -0.2) is 4.57 Å². The lowest BCUT2D eigenvalue weighted by Gasteiger charge is -2.19. The van der Waals surface area contributed by atoms with Crippen molar-refractivity contribution < 1.29 is 37.6 Å². The maximum absolute atomic E-state index is 12.7. The highest BCUT2D eigenvalue weighted by atomic mass is 31.2. The molecule has 0 saturated heterocycles. The average Bonchev–Trinajstić information content (AvgIpc) is 3.30. The number of carbonyl (C=O) groups is 2. The maximum atomic E-state index is 12.7. The van der Waals surface area contributed by atoms with Gasteiger partial charge in [0.25, 0.3) is 0 Å². The molecule has 2 atom stereocenters. The van der Waals surface area contributed by atoms with Gasteiger partial charge < -0.3 is 20.1 Å². The molecule has 0 aromatic heterocycles. The van der Waals surface area contributed by atoms with Gasteiger partial charge in [-0.3, -0.25) is 18.6 Å². The minimum Gasteiger partial charge on any atom is -0.462 e. The zero-order chi connectivity index (χ0) is 47.4. The van der Waals surface area contributed by atoms with Gasteiger partial charge in [-0.2, -0.15) is 0 Å². The number of carbonyl (C=O) groups excluding carboxylic acids is 2. The molecule has 0 aliphatic heterocycles. The molecule has 3 N–H and O–H groups in total. The Kier molecular flexibility index (Phi) is 51.6. The number of rotatable bonds is 55. The minimum atomic E-state index is -4.38. The van der Waals surface area contributed by atoms with Gasteiger partial charge >= 0.3 is 19.8 Å². The van der Waals surface area contributed by atoms with Crippen LogP contribution in [0.25, 0.3) is 0 Å². The molecule has 65 heavy (non-hydrogen) atoms. The van der Waals surface area contributed by atoms with Gasteiger partial charge in [0.15, 0.2) is 6.10 Å². The van der Waals surface area contributed by atoms with Crippen LogP contribution < -0.4 is 5.73 Å². The van der Waals surface area contributed by atoms with Crippen LogP contribution in [0.15, 0.2) is 0 Å². The zero-order valence-corrected chi connectivity index (χ0v) is 44.2. The molecule has 0 saturated carbocycles. The molecule has 0 spiro atoms. The van der Waals surface area contributed by atoms with Gasteiger partial charge in [0, 0.05) is 19.4 Å². The largest absolute Gasteiger partial charge is 0.472 e. The molecule has 0 amide bonds. The van der Waals surface area contributed by atoms with E-state index in [0.717, 1.165) is 32.1 Å². The van der Waals surface area contributed by atoms with E-state index in [4.69, 9.17) is 24.3 Å². The number of phosphoric acid groups is 1. The fraction of sp³-hybridized carbons (Fsp3) is 0.964. The van der Waals surface area contributed by atoms with E-state index in [9.17, 15) is 19.0 Å². The van der Waals surface area contributed by atoms with Crippen LogP contribution in [0.1, 0.15) is 309 Å². The summed E-state index contributed by atoms with van der Waals surface area (Å²) in [6.07, 6.45) is 57.3. The molecule has 0 heterocycles. The van der Waals surface area contributed by atoms with Crippen LogP contribution in [0.3, 0.4) is 0 Å². The fourth-order valence-electron chi connectivity index (χ4n) is 8.76. The summed E-state index contributed by atoms with van der Waals surface area (Å²) in [5.41, 5.74) is 5.38. The Labute approximate surface area is 403 Å². The number of ether oxygens (including phenoxy) is 2. The molecular weight excluding hydrogens is 834 g/mol. The normalized spacial score (nSPS) is 13.0. The number of esters is 2. The van der Waals surface area contributed by atoms with E-state index in [-0.39, 0.29) is 38.6 Å². The molecule has 9 nitrogen and oxygen atoms in total. The van der Waals surface area contributed by atoms with Crippen molar-refractivity contribution >= 4 is 19.8 Å². The SMILES string of the molecule is CCCCCCCCCCCCCCCCCCCCCCCCC(=O)OC[C@H](COP(=O)(O)OCCN)OC(=O)CCCCCCCCCCCCCCCCCCCCCCCC. The summed E-state index contributed by atoms with van der Waals surface area (Å²) < 4.78 is 33.0. The molecule has 0 aromatic carbocycles. The Hall–Kier alpha value is -0.990. The van der Waals surface area contributed by atoms with Gasteiger partial charge in [-0.1, -0.05) is 284 Å². The first-order valence-corrected chi connectivity index (χ1v) is 30.0. The van der Waals surface area contributed by atoms with Crippen molar-refractivity contribution in [2.24, 2.45) is 5.73 Å². The van der Waals surface area contributed by atoms with E-state index in [0.29, 0.717) is 6.42 Å². The lowest BCUT2D eigenvalue weighted by atomic mass is 10.0. The number of phosphoric ester groups is 1. The first-order chi connectivity index (χ1) is 31.8. The molecule has 10 heteroatoms. The first kappa shape index (κ1) is 64.0. The zero-order valence-electron chi connectivity index (χ0n) is 43.3. The van der Waals surface area contributed by atoms with Crippen molar-refractivity contribution in [1.29, 1.82) is 0 Å².